The van der Waals surface area contributed by atoms with Crippen LogP contribution in [-0.2, 0) is 9.53 Å². The molecule has 3 atom stereocenters. The first kappa shape index (κ1) is 18.8. The molecule has 0 saturated heterocycles. The van der Waals surface area contributed by atoms with E-state index in [1.165, 1.54) is 0 Å². The Kier molecular flexibility index (Phi) is 5.29. The number of carbonyl (C=O) groups is 1. The van der Waals surface area contributed by atoms with Gasteiger partial charge in [-0.05, 0) is 47.7 Å². The topological polar surface area (TPSA) is 64.1 Å². The number of methoxy groups -OCH3 is 1. The number of pyridine rings is 2. The second-order valence-corrected chi connectivity index (χ2v) is 7.75. The lowest BCUT2D eigenvalue weighted by Gasteiger charge is -2.14. The number of anilines is 1. The molecule has 5 nitrogen and oxygen atoms in total. The highest BCUT2D eigenvalue weighted by Crippen LogP contribution is 2.47. The maximum absolute atomic E-state index is 12.6. The Morgan fingerprint density at radius 1 is 1.29 bits per heavy atom. The minimum Gasteiger partial charge on any atom is -0.384 e. The molecule has 1 fully saturated rings. The molecule has 1 N–H and O–H groups in total. The fraction of sp³-hybridized carbons (Fsp3) is 0.318. The van der Waals surface area contributed by atoms with Gasteiger partial charge in [-0.15, -0.1) is 0 Å². The molecule has 1 saturated carbocycles. The Labute approximate surface area is 169 Å². The molecule has 0 aliphatic heterocycles. The average molecular weight is 396 g/mol. The quantitative estimate of drug-likeness (QED) is 0.652. The molecule has 28 heavy (non-hydrogen) atoms. The highest BCUT2D eigenvalue weighted by atomic mass is 35.5. The molecular formula is C22H22ClN3O2. The number of fused-ring (bicyclic) bond motifs is 1. The van der Waals surface area contributed by atoms with Crippen molar-refractivity contribution in [2.24, 2.45) is 5.92 Å². The Morgan fingerprint density at radius 2 is 2.14 bits per heavy atom. The summed E-state index contributed by atoms with van der Waals surface area (Å²) in [4.78, 5) is 21.3. The number of hydrogen-bond acceptors (Lipinski definition) is 4. The van der Waals surface area contributed by atoms with E-state index in [1.807, 2.05) is 36.4 Å². The number of benzene rings is 1. The summed E-state index contributed by atoms with van der Waals surface area (Å²) < 4.78 is 5.25. The lowest BCUT2D eigenvalue weighted by atomic mass is 9.99. The summed E-state index contributed by atoms with van der Waals surface area (Å²) in [6, 6.07) is 11.7. The molecule has 6 heteroatoms. The molecule has 1 aliphatic carbocycles. The second-order valence-electron chi connectivity index (χ2n) is 7.34. The fourth-order valence-corrected chi connectivity index (χ4v) is 3.95. The number of amides is 1. The van der Waals surface area contributed by atoms with Crippen LogP contribution < -0.4 is 5.32 Å². The van der Waals surface area contributed by atoms with Gasteiger partial charge in [-0.1, -0.05) is 24.6 Å². The van der Waals surface area contributed by atoms with Gasteiger partial charge in [-0.25, -0.2) is 4.98 Å². The van der Waals surface area contributed by atoms with Gasteiger partial charge >= 0.3 is 0 Å². The van der Waals surface area contributed by atoms with Gasteiger partial charge in [0.1, 0.15) is 5.82 Å². The first-order valence-corrected chi connectivity index (χ1v) is 9.74. The molecule has 144 valence electrons. The molecule has 4 rings (SSSR count). The zero-order chi connectivity index (χ0) is 19.7. The van der Waals surface area contributed by atoms with Crippen molar-refractivity contribution in [3.63, 3.8) is 0 Å². The number of hydrogen-bond donors (Lipinski definition) is 1. The van der Waals surface area contributed by atoms with Gasteiger partial charge in [-0.2, -0.15) is 0 Å². The Balaban J connectivity index is 1.51. The standard InChI is InChI=1S/C22H22ClN3O2/c1-13(12-28-2)16-7-14-9-21(25-11-15(14)8-19(16)23)26-22(27)18-10-17(18)20-5-3-4-6-24-20/h3-9,11,13,17-18H,10,12H2,1-2H3,(H,25,26,27)/t13-,17-,18-/m1/s1. The highest BCUT2D eigenvalue weighted by Gasteiger charge is 2.44. The third kappa shape index (κ3) is 3.86. The van der Waals surface area contributed by atoms with Crippen LogP contribution in [0.25, 0.3) is 10.8 Å². The van der Waals surface area contributed by atoms with Crippen molar-refractivity contribution in [3.05, 3.63) is 65.1 Å². The molecule has 0 unspecified atom stereocenters. The van der Waals surface area contributed by atoms with Crippen molar-refractivity contribution >= 4 is 34.1 Å². The summed E-state index contributed by atoms with van der Waals surface area (Å²) in [5.41, 5.74) is 2.00. The van der Waals surface area contributed by atoms with Gasteiger partial charge < -0.3 is 10.1 Å². The van der Waals surface area contributed by atoms with E-state index in [1.54, 1.807) is 19.5 Å². The van der Waals surface area contributed by atoms with Crippen LogP contribution in [0.4, 0.5) is 5.82 Å². The minimum atomic E-state index is -0.0464. The van der Waals surface area contributed by atoms with E-state index in [9.17, 15) is 4.79 Å². The summed E-state index contributed by atoms with van der Waals surface area (Å²) in [6.07, 6.45) is 4.33. The van der Waals surface area contributed by atoms with Gasteiger partial charge in [0.05, 0.1) is 6.61 Å². The Bertz CT molecular complexity index is 1010. The van der Waals surface area contributed by atoms with Crippen LogP contribution in [0.1, 0.15) is 36.4 Å². The number of ether oxygens (including phenoxy) is 1. The second kappa shape index (κ2) is 7.86. The maximum Gasteiger partial charge on any atom is 0.229 e. The van der Waals surface area contributed by atoms with E-state index in [4.69, 9.17) is 16.3 Å². The fourth-order valence-electron chi connectivity index (χ4n) is 3.60. The first-order valence-electron chi connectivity index (χ1n) is 9.36. The average Bonchev–Trinajstić information content (AvgIpc) is 3.49. The van der Waals surface area contributed by atoms with Crippen LogP contribution in [0.3, 0.4) is 0 Å². The first-order chi connectivity index (χ1) is 13.6. The van der Waals surface area contributed by atoms with Gasteiger partial charge in [0.25, 0.3) is 0 Å². The van der Waals surface area contributed by atoms with Crippen LogP contribution in [0, 0.1) is 5.92 Å². The predicted molar refractivity (Wildman–Crippen MR) is 111 cm³/mol. The van der Waals surface area contributed by atoms with E-state index in [0.717, 1.165) is 28.5 Å². The lowest BCUT2D eigenvalue weighted by Crippen LogP contribution is -2.15. The van der Waals surface area contributed by atoms with Crippen molar-refractivity contribution in [2.75, 3.05) is 19.0 Å². The third-order valence-electron chi connectivity index (χ3n) is 5.23. The van der Waals surface area contributed by atoms with E-state index >= 15 is 0 Å². The summed E-state index contributed by atoms with van der Waals surface area (Å²) in [5, 5.41) is 5.58. The molecule has 1 amide bonds. The van der Waals surface area contributed by atoms with Gasteiger partial charge in [0, 0.05) is 53.4 Å². The molecule has 2 aromatic heterocycles. The predicted octanol–water partition coefficient (Wildman–Crippen LogP) is 4.78. The van der Waals surface area contributed by atoms with Crippen molar-refractivity contribution < 1.29 is 9.53 Å². The number of rotatable bonds is 6. The van der Waals surface area contributed by atoms with Crippen LogP contribution in [0.2, 0.25) is 5.02 Å². The van der Waals surface area contributed by atoms with E-state index in [2.05, 4.69) is 22.2 Å². The molecule has 3 aromatic rings. The van der Waals surface area contributed by atoms with Crippen molar-refractivity contribution in [1.82, 2.24) is 9.97 Å². The molecule has 1 aromatic carbocycles. The molecule has 0 spiro atoms. The number of halogens is 1. The number of nitrogens with one attached hydrogen (secondary N) is 1. The third-order valence-corrected chi connectivity index (χ3v) is 5.56. The van der Waals surface area contributed by atoms with Gasteiger partial charge in [0.15, 0.2) is 0 Å². The summed E-state index contributed by atoms with van der Waals surface area (Å²) >= 11 is 6.42. The Morgan fingerprint density at radius 3 is 2.89 bits per heavy atom. The maximum atomic E-state index is 12.6. The zero-order valence-electron chi connectivity index (χ0n) is 15.9. The van der Waals surface area contributed by atoms with Gasteiger partial charge in [-0.3, -0.25) is 9.78 Å². The van der Waals surface area contributed by atoms with Crippen molar-refractivity contribution in [1.29, 1.82) is 0 Å². The molecule has 2 heterocycles. The molecule has 0 bridgehead atoms. The number of carbonyl (C=O) groups excluding carboxylic acids is 1. The number of nitrogens with zero attached hydrogens (tertiary/aromatic N) is 2. The highest BCUT2D eigenvalue weighted by molar-refractivity contribution is 6.32. The summed E-state index contributed by atoms with van der Waals surface area (Å²) in [7, 11) is 1.68. The summed E-state index contributed by atoms with van der Waals surface area (Å²) in [5.74, 6) is 0.872. The van der Waals surface area contributed by atoms with Crippen LogP contribution in [-0.4, -0.2) is 29.6 Å². The minimum absolute atomic E-state index is 0.00978. The SMILES string of the molecule is COC[C@@H](C)c1cc2cc(NC(=O)[C@@H]3C[C@H]3c3ccccn3)ncc2cc1Cl. The normalized spacial score (nSPS) is 19.4. The lowest BCUT2D eigenvalue weighted by molar-refractivity contribution is -0.117. The van der Waals surface area contributed by atoms with E-state index in [-0.39, 0.29) is 23.7 Å². The van der Waals surface area contributed by atoms with Crippen LogP contribution >= 0.6 is 11.6 Å². The van der Waals surface area contributed by atoms with Crippen LogP contribution in [0.15, 0.2) is 48.8 Å². The molecular weight excluding hydrogens is 374 g/mol. The zero-order valence-corrected chi connectivity index (χ0v) is 16.6. The van der Waals surface area contributed by atoms with Gasteiger partial charge in [0.2, 0.25) is 5.91 Å². The molecule has 1 aliphatic rings. The van der Waals surface area contributed by atoms with E-state index in [0.29, 0.717) is 17.4 Å². The molecule has 0 radical (unpaired) electrons. The monoisotopic (exact) mass is 395 g/mol. The van der Waals surface area contributed by atoms with Crippen molar-refractivity contribution in [3.8, 4) is 0 Å². The number of aromatic nitrogens is 2. The Hall–Kier alpha value is -2.50. The van der Waals surface area contributed by atoms with E-state index < -0.39 is 0 Å². The summed E-state index contributed by atoms with van der Waals surface area (Å²) in [6.45, 7) is 2.67. The largest absolute Gasteiger partial charge is 0.384 e. The van der Waals surface area contributed by atoms with Crippen LogP contribution in [0.5, 0.6) is 0 Å². The van der Waals surface area contributed by atoms with Crippen molar-refractivity contribution in [2.45, 2.75) is 25.2 Å². The smallest absolute Gasteiger partial charge is 0.229 e.